The van der Waals surface area contributed by atoms with Crippen molar-refractivity contribution in [3.8, 4) is 0 Å². The Bertz CT molecular complexity index is 864. The third-order valence-corrected chi connectivity index (χ3v) is 5.19. The Morgan fingerprint density at radius 2 is 2.04 bits per heavy atom. The molecule has 3 nitrogen and oxygen atoms in total. The molecule has 2 aromatic rings. The van der Waals surface area contributed by atoms with Crippen molar-refractivity contribution in [3.63, 3.8) is 0 Å². The molecule has 0 saturated heterocycles. The summed E-state index contributed by atoms with van der Waals surface area (Å²) in [6.07, 6.45) is 4.90. The second kappa shape index (κ2) is 5.64. The molecular formula is C19H14ClFNO2-. The van der Waals surface area contributed by atoms with Crippen molar-refractivity contribution in [3.05, 3.63) is 76.1 Å². The summed E-state index contributed by atoms with van der Waals surface area (Å²) in [6.45, 7) is 0. The molecule has 122 valence electrons. The molecule has 0 aromatic heterocycles. The predicted molar refractivity (Wildman–Crippen MR) is 88.5 cm³/mol. The standard InChI is InChI=1S/C19H15ClFNO2/c20-15-9-10(19(23)24)8-14-11-5-3-6-12(11)17(22-18(14)15)13-4-1-2-7-16(13)21/h1-5,7-9,11-12,17,22H,6H2,(H,23,24)/p-1/t11-,12-,17+/m0/s1. The molecule has 0 spiro atoms. The number of carbonyl (C=O) groups is 1. The van der Waals surface area contributed by atoms with E-state index in [1.807, 2.05) is 12.1 Å². The smallest absolute Gasteiger partial charge is 0.128 e. The quantitative estimate of drug-likeness (QED) is 0.847. The molecule has 0 amide bonds. The maximum absolute atomic E-state index is 14.3. The van der Waals surface area contributed by atoms with Crippen LogP contribution in [0.3, 0.4) is 0 Å². The zero-order valence-electron chi connectivity index (χ0n) is 12.6. The Hall–Kier alpha value is -2.33. The summed E-state index contributed by atoms with van der Waals surface area (Å²) in [5, 5.41) is 14.9. The summed E-state index contributed by atoms with van der Waals surface area (Å²) in [5.74, 6) is -1.40. The molecule has 0 bridgehead atoms. The average Bonchev–Trinajstić information content (AvgIpc) is 3.05. The second-order valence-electron chi connectivity index (χ2n) is 6.21. The third kappa shape index (κ3) is 2.29. The molecule has 0 radical (unpaired) electrons. The summed E-state index contributed by atoms with van der Waals surface area (Å²) in [5.41, 5.74) is 2.15. The van der Waals surface area contributed by atoms with Crippen LogP contribution in [-0.4, -0.2) is 5.97 Å². The largest absolute Gasteiger partial charge is 0.545 e. The molecule has 0 unspecified atom stereocenters. The molecule has 4 rings (SSSR count). The number of anilines is 1. The second-order valence-corrected chi connectivity index (χ2v) is 6.61. The van der Waals surface area contributed by atoms with Crippen LogP contribution in [0.4, 0.5) is 10.1 Å². The van der Waals surface area contributed by atoms with Gasteiger partial charge >= 0.3 is 0 Å². The van der Waals surface area contributed by atoms with E-state index in [9.17, 15) is 14.3 Å². The molecule has 2 aromatic carbocycles. The number of fused-ring (bicyclic) bond motifs is 3. The molecule has 24 heavy (non-hydrogen) atoms. The van der Waals surface area contributed by atoms with Crippen molar-refractivity contribution in [2.45, 2.75) is 18.4 Å². The van der Waals surface area contributed by atoms with Crippen LogP contribution in [0.5, 0.6) is 0 Å². The van der Waals surface area contributed by atoms with Gasteiger partial charge in [-0.1, -0.05) is 42.0 Å². The van der Waals surface area contributed by atoms with Gasteiger partial charge < -0.3 is 15.2 Å². The van der Waals surface area contributed by atoms with Crippen LogP contribution >= 0.6 is 11.6 Å². The van der Waals surface area contributed by atoms with Crippen LogP contribution in [0.1, 0.15) is 39.9 Å². The molecule has 0 fully saturated rings. The first kappa shape index (κ1) is 15.2. The SMILES string of the molecule is O=C([O-])c1cc(Cl)c2c(c1)[C@H]1C=CC[C@@H]1[C@H](c1ccccc1F)N2. The van der Waals surface area contributed by atoms with Gasteiger partial charge in [0.15, 0.2) is 0 Å². The fourth-order valence-electron chi connectivity index (χ4n) is 3.81. The van der Waals surface area contributed by atoms with Crippen molar-refractivity contribution in [2.75, 3.05) is 5.32 Å². The van der Waals surface area contributed by atoms with Crippen LogP contribution in [0, 0.1) is 11.7 Å². The number of carbonyl (C=O) groups excluding carboxylic acids is 1. The summed E-state index contributed by atoms with van der Waals surface area (Å²) in [4.78, 5) is 11.2. The maximum Gasteiger partial charge on any atom is 0.128 e. The van der Waals surface area contributed by atoms with Crippen LogP contribution in [0.25, 0.3) is 0 Å². The van der Waals surface area contributed by atoms with Gasteiger partial charge in [0.25, 0.3) is 0 Å². The number of benzene rings is 2. The first-order valence-corrected chi connectivity index (χ1v) is 8.16. The number of carboxylic acids is 1. The topological polar surface area (TPSA) is 52.2 Å². The van der Waals surface area contributed by atoms with Gasteiger partial charge in [-0.3, -0.25) is 0 Å². The van der Waals surface area contributed by atoms with E-state index in [2.05, 4.69) is 11.4 Å². The lowest BCUT2D eigenvalue weighted by Crippen LogP contribution is -2.31. The van der Waals surface area contributed by atoms with Crippen molar-refractivity contribution in [1.29, 1.82) is 0 Å². The summed E-state index contributed by atoms with van der Waals surface area (Å²) < 4.78 is 14.3. The van der Waals surface area contributed by atoms with Gasteiger partial charge in [-0.2, -0.15) is 0 Å². The highest BCUT2D eigenvalue weighted by Crippen LogP contribution is 2.52. The minimum Gasteiger partial charge on any atom is -0.545 e. The van der Waals surface area contributed by atoms with E-state index >= 15 is 0 Å². The number of allylic oxidation sites excluding steroid dienone is 2. The molecule has 0 saturated carbocycles. The molecule has 5 heteroatoms. The molecule has 1 aliphatic carbocycles. The fraction of sp³-hybridized carbons (Fsp3) is 0.211. The number of carboxylic acid groups (broad SMARTS) is 1. The lowest BCUT2D eigenvalue weighted by Gasteiger charge is -2.38. The highest BCUT2D eigenvalue weighted by Gasteiger charge is 2.39. The third-order valence-electron chi connectivity index (χ3n) is 4.90. The molecular weight excluding hydrogens is 329 g/mol. The Kier molecular flexibility index (Phi) is 3.57. The lowest BCUT2D eigenvalue weighted by atomic mass is 9.76. The normalized spacial score (nSPS) is 24.2. The van der Waals surface area contributed by atoms with E-state index in [0.717, 1.165) is 12.0 Å². The van der Waals surface area contributed by atoms with Gasteiger partial charge in [0.05, 0.1) is 22.7 Å². The van der Waals surface area contributed by atoms with Gasteiger partial charge in [0.2, 0.25) is 0 Å². The predicted octanol–water partition coefficient (Wildman–Crippen LogP) is 3.67. The van der Waals surface area contributed by atoms with Crippen molar-refractivity contribution < 1.29 is 14.3 Å². The average molecular weight is 343 g/mol. The van der Waals surface area contributed by atoms with Gasteiger partial charge in [0.1, 0.15) is 5.82 Å². The van der Waals surface area contributed by atoms with Crippen molar-refractivity contribution in [1.82, 2.24) is 0 Å². The van der Waals surface area contributed by atoms with Gasteiger partial charge in [-0.05, 0) is 41.7 Å². The number of hydrogen-bond acceptors (Lipinski definition) is 3. The number of nitrogens with one attached hydrogen (secondary N) is 1. The van der Waals surface area contributed by atoms with E-state index in [-0.39, 0.29) is 29.3 Å². The summed E-state index contributed by atoms with van der Waals surface area (Å²) >= 11 is 6.30. The Labute approximate surface area is 143 Å². The first-order valence-electron chi connectivity index (χ1n) is 7.78. The lowest BCUT2D eigenvalue weighted by molar-refractivity contribution is -0.255. The van der Waals surface area contributed by atoms with E-state index < -0.39 is 5.97 Å². The first-order chi connectivity index (χ1) is 11.6. The Morgan fingerprint density at radius 1 is 1.25 bits per heavy atom. The van der Waals surface area contributed by atoms with Gasteiger partial charge in [-0.25, -0.2) is 4.39 Å². The highest BCUT2D eigenvalue weighted by atomic mass is 35.5. The van der Waals surface area contributed by atoms with E-state index in [1.165, 1.54) is 12.1 Å². The zero-order valence-corrected chi connectivity index (χ0v) is 13.4. The summed E-state index contributed by atoms with van der Waals surface area (Å²) in [6, 6.07) is 9.47. The Morgan fingerprint density at radius 3 is 2.79 bits per heavy atom. The van der Waals surface area contributed by atoms with E-state index in [0.29, 0.717) is 16.3 Å². The van der Waals surface area contributed by atoms with E-state index in [1.54, 1.807) is 18.2 Å². The van der Waals surface area contributed by atoms with Crippen LogP contribution in [0.2, 0.25) is 5.02 Å². The fourth-order valence-corrected chi connectivity index (χ4v) is 4.09. The number of hydrogen-bond donors (Lipinski definition) is 1. The molecule has 2 aliphatic rings. The van der Waals surface area contributed by atoms with E-state index in [4.69, 9.17) is 11.6 Å². The van der Waals surface area contributed by atoms with Crippen LogP contribution in [-0.2, 0) is 0 Å². The minimum absolute atomic E-state index is 0.00246. The maximum atomic E-state index is 14.3. The molecule has 1 heterocycles. The number of halogens is 2. The minimum atomic E-state index is -1.26. The Balaban J connectivity index is 1.85. The van der Waals surface area contributed by atoms with Crippen molar-refractivity contribution in [2.24, 2.45) is 5.92 Å². The van der Waals surface area contributed by atoms with Gasteiger partial charge in [-0.15, -0.1) is 0 Å². The zero-order chi connectivity index (χ0) is 16.8. The van der Waals surface area contributed by atoms with Crippen molar-refractivity contribution >= 4 is 23.3 Å². The number of rotatable bonds is 2. The molecule has 1 aliphatic heterocycles. The monoisotopic (exact) mass is 342 g/mol. The van der Waals surface area contributed by atoms with Crippen LogP contribution < -0.4 is 10.4 Å². The van der Waals surface area contributed by atoms with Gasteiger partial charge in [0, 0.05) is 11.5 Å². The van der Waals surface area contributed by atoms with Crippen LogP contribution in [0.15, 0.2) is 48.6 Å². The number of aromatic carboxylic acids is 1. The highest BCUT2D eigenvalue weighted by molar-refractivity contribution is 6.33. The molecule has 3 atom stereocenters. The summed E-state index contributed by atoms with van der Waals surface area (Å²) in [7, 11) is 0. The molecule has 1 N–H and O–H groups in total.